The lowest BCUT2D eigenvalue weighted by Gasteiger charge is -2.46. The highest BCUT2D eigenvalue weighted by Crippen LogP contribution is 2.26. The van der Waals surface area contributed by atoms with Gasteiger partial charge in [-0.25, -0.2) is 9.78 Å². The standard InChI is InChI=1S/C26H29N5O3/c1-26(2)18-30(14-15-31(26)25(33)34-17-19-8-4-3-5-9-19)23-13-12-20(16-28-23)24(32)29-22-11-7-6-10-21(22)27/h3-13,16H,14-15,17-18,27H2,1-2H3,(H,29,32). The third kappa shape index (κ3) is 5.28. The number of para-hydroxylation sites is 2. The number of hydrogen-bond donors (Lipinski definition) is 2. The smallest absolute Gasteiger partial charge is 0.410 e. The Morgan fingerprint density at radius 1 is 1.03 bits per heavy atom. The lowest BCUT2D eigenvalue weighted by atomic mass is 9.99. The van der Waals surface area contributed by atoms with Crippen molar-refractivity contribution in [1.29, 1.82) is 0 Å². The zero-order valence-electron chi connectivity index (χ0n) is 19.4. The summed E-state index contributed by atoms with van der Waals surface area (Å²) in [6.07, 6.45) is 1.23. The Bertz CT molecular complexity index is 1150. The summed E-state index contributed by atoms with van der Waals surface area (Å²) >= 11 is 0. The molecule has 2 heterocycles. The number of ether oxygens (including phenoxy) is 1. The number of anilines is 3. The lowest BCUT2D eigenvalue weighted by molar-refractivity contribution is 0.0514. The third-order valence-electron chi connectivity index (χ3n) is 5.87. The minimum Gasteiger partial charge on any atom is -0.445 e. The monoisotopic (exact) mass is 459 g/mol. The van der Waals surface area contributed by atoms with Crippen LogP contribution in [0.25, 0.3) is 0 Å². The highest BCUT2D eigenvalue weighted by molar-refractivity contribution is 6.05. The van der Waals surface area contributed by atoms with E-state index >= 15 is 0 Å². The molecule has 1 aromatic heterocycles. The maximum atomic E-state index is 12.7. The molecule has 1 aliphatic heterocycles. The summed E-state index contributed by atoms with van der Waals surface area (Å²) in [5.74, 6) is 0.476. The van der Waals surface area contributed by atoms with Gasteiger partial charge in [0, 0.05) is 25.8 Å². The Balaban J connectivity index is 1.36. The van der Waals surface area contributed by atoms with Crippen molar-refractivity contribution >= 4 is 29.2 Å². The van der Waals surface area contributed by atoms with E-state index in [2.05, 4.69) is 15.2 Å². The van der Waals surface area contributed by atoms with Crippen LogP contribution in [0.4, 0.5) is 22.0 Å². The van der Waals surface area contributed by atoms with Gasteiger partial charge in [-0.15, -0.1) is 0 Å². The molecule has 0 unspecified atom stereocenters. The van der Waals surface area contributed by atoms with Crippen LogP contribution in [0.2, 0.25) is 0 Å². The van der Waals surface area contributed by atoms with Crippen LogP contribution in [0.5, 0.6) is 0 Å². The molecule has 176 valence electrons. The number of rotatable bonds is 5. The Morgan fingerprint density at radius 2 is 1.76 bits per heavy atom. The Hall–Kier alpha value is -4.07. The van der Waals surface area contributed by atoms with Gasteiger partial charge in [-0.3, -0.25) is 9.69 Å². The van der Waals surface area contributed by atoms with Crippen molar-refractivity contribution in [3.63, 3.8) is 0 Å². The van der Waals surface area contributed by atoms with Gasteiger partial charge in [-0.05, 0) is 43.7 Å². The summed E-state index contributed by atoms with van der Waals surface area (Å²) < 4.78 is 5.54. The van der Waals surface area contributed by atoms with Crippen molar-refractivity contribution in [1.82, 2.24) is 9.88 Å². The van der Waals surface area contributed by atoms with Gasteiger partial charge in [0.05, 0.1) is 22.5 Å². The average Bonchev–Trinajstić information content (AvgIpc) is 2.84. The van der Waals surface area contributed by atoms with Gasteiger partial charge in [0.2, 0.25) is 0 Å². The molecule has 0 spiro atoms. The fourth-order valence-corrected chi connectivity index (χ4v) is 4.00. The van der Waals surface area contributed by atoms with Crippen molar-refractivity contribution < 1.29 is 14.3 Å². The summed E-state index contributed by atoms with van der Waals surface area (Å²) in [4.78, 5) is 33.7. The van der Waals surface area contributed by atoms with Crippen LogP contribution >= 0.6 is 0 Å². The van der Waals surface area contributed by atoms with Crippen molar-refractivity contribution in [2.75, 3.05) is 35.6 Å². The minimum atomic E-state index is -0.450. The number of carbonyl (C=O) groups excluding carboxylic acids is 2. The predicted octanol–water partition coefficient (Wildman–Crippen LogP) is 4.15. The van der Waals surface area contributed by atoms with E-state index in [1.807, 2.05) is 62.4 Å². The number of nitrogens with zero attached hydrogens (tertiary/aromatic N) is 3. The number of nitrogens with two attached hydrogens (primary N) is 1. The Morgan fingerprint density at radius 3 is 2.44 bits per heavy atom. The van der Waals surface area contributed by atoms with Crippen LogP contribution < -0.4 is 16.0 Å². The van der Waals surface area contributed by atoms with Gasteiger partial charge in [-0.1, -0.05) is 42.5 Å². The number of hydrogen-bond acceptors (Lipinski definition) is 6. The first-order valence-electron chi connectivity index (χ1n) is 11.2. The maximum Gasteiger partial charge on any atom is 0.410 e. The van der Waals surface area contributed by atoms with Gasteiger partial charge in [0.15, 0.2) is 0 Å². The molecule has 2 amide bonds. The van der Waals surface area contributed by atoms with Gasteiger partial charge < -0.3 is 20.7 Å². The number of benzene rings is 2. The van der Waals surface area contributed by atoms with Gasteiger partial charge in [-0.2, -0.15) is 0 Å². The molecule has 0 aliphatic carbocycles. The molecule has 3 aromatic rings. The summed E-state index contributed by atoms with van der Waals surface area (Å²) in [7, 11) is 0. The van der Waals surface area contributed by atoms with E-state index in [0.29, 0.717) is 36.6 Å². The maximum absolute atomic E-state index is 12.7. The molecule has 0 bridgehead atoms. The molecule has 1 saturated heterocycles. The number of aromatic nitrogens is 1. The second-order valence-corrected chi connectivity index (χ2v) is 8.87. The summed E-state index contributed by atoms with van der Waals surface area (Å²) in [5.41, 5.74) is 7.91. The van der Waals surface area contributed by atoms with E-state index in [1.165, 1.54) is 0 Å². The van der Waals surface area contributed by atoms with Crippen molar-refractivity contribution in [2.45, 2.75) is 26.0 Å². The number of amides is 2. The molecular weight excluding hydrogens is 430 g/mol. The quantitative estimate of drug-likeness (QED) is 0.556. The Kier molecular flexibility index (Phi) is 6.67. The first-order valence-corrected chi connectivity index (χ1v) is 11.2. The largest absolute Gasteiger partial charge is 0.445 e. The van der Waals surface area contributed by atoms with Crippen LogP contribution in [0.3, 0.4) is 0 Å². The van der Waals surface area contributed by atoms with Gasteiger partial charge in [0.25, 0.3) is 5.91 Å². The second kappa shape index (κ2) is 9.82. The zero-order valence-corrected chi connectivity index (χ0v) is 19.4. The van der Waals surface area contributed by atoms with E-state index in [4.69, 9.17) is 10.5 Å². The SMILES string of the molecule is CC1(C)CN(c2ccc(C(=O)Nc3ccccc3N)cn2)CCN1C(=O)OCc1ccccc1. The fourth-order valence-electron chi connectivity index (χ4n) is 4.00. The molecule has 0 radical (unpaired) electrons. The van der Waals surface area contributed by atoms with Crippen LogP contribution in [-0.2, 0) is 11.3 Å². The van der Waals surface area contributed by atoms with E-state index in [0.717, 1.165) is 11.4 Å². The molecule has 0 atom stereocenters. The van der Waals surface area contributed by atoms with E-state index in [1.54, 1.807) is 29.3 Å². The molecule has 1 aliphatic rings. The van der Waals surface area contributed by atoms with Crippen LogP contribution in [0, 0.1) is 0 Å². The zero-order chi connectivity index (χ0) is 24.1. The molecule has 34 heavy (non-hydrogen) atoms. The molecule has 2 aromatic carbocycles. The minimum absolute atomic E-state index is 0.246. The topological polar surface area (TPSA) is 101 Å². The molecule has 1 fully saturated rings. The average molecular weight is 460 g/mol. The van der Waals surface area contributed by atoms with E-state index in [9.17, 15) is 9.59 Å². The Labute approximate surface area is 199 Å². The molecule has 4 rings (SSSR count). The lowest BCUT2D eigenvalue weighted by Crippen LogP contribution is -2.61. The summed E-state index contributed by atoms with van der Waals surface area (Å²) in [5, 5.41) is 2.80. The highest BCUT2D eigenvalue weighted by atomic mass is 16.6. The van der Waals surface area contributed by atoms with Crippen molar-refractivity contribution in [2.24, 2.45) is 0 Å². The summed E-state index contributed by atoms with van der Waals surface area (Å²) in [6.45, 7) is 5.98. The second-order valence-electron chi connectivity index (χ2n) is 8.87. The highest BCUT2D eigenvalue weighted by Gasteiger charge is 2.38. The van der Waals surface area contributed by atoms with Gasteiger partial charge in [0.1, 0.15) is 12.4 Å². The summed E-state index contributed by atoms with van der Waals surface area (Å²) in [6, 6.07) is 20.3. The predicted molar refractivity (Wildman–Crippen MR) is 133 cm³/mol. The van der Waals surface area contributed by atoms with Crippen LogP contribution in [-0.4, -0.2) is 47.1 Å². The molecule has 8 heteroatoms. The van der Waals surface area contributed by atoms with Gasteiger partial charge >= 0.3 is 6.09 Å². The van der Waals surface area contributed by atoms with E-state index < -0.39 is 5.54 Å². The fraction of sp³-hybridized carbons (Fsp3) is 0.269. The van der Waals surface area contributed by atoms with Crippen molar-refractivity contribution in [3.8, 4) is 0 Å². The molecule has 3 N–H and O–H groups in total. The molecular formula is C26H29N5O3. The number of carbonyl (C=O) groups is 2. The first kappa shape index (κ1) is 23.1. The normalized spacial score (nSPS) is 15.0. The number of nitrogen functional groups attached to an aromatic ring is 1. The number of pyridine rings is 1. The molecule has 8 nitrogen and oxygen atoms in total. The third-order valence-corrected chi connectivity index (χ3v) is 5.87. The van der Waals surface area contributed by atoms with Crippen molar-refractivity contribution in [3.05, 3.63) is 84.1 Å². The van der Waals surface area contributed by atoms with E-state index in [-0.39, 0.29) is 18.6 Å². The first-order chi connectivity index (χ1) is 16.3. The van der Waals surface area contributed by atoms with Crippen LogP contribution in [0.1, 0.15) is 29.8 Å². The number of piperazine rings is 1. The van der Waals surface area contributed by atoms with Crippen LogP contribution in [0.15, 0.2) is 72.9 Å². The molecule has 0 saturated carbocycles. The number of nitrogens with one attached hydrogen (secondary N) is 1.